The fourth-order valence-corrected chi connectivity index (χ4v) is 9.69. The van der Waals surface area contributed by atoms with Crippen LogP contribution >= 0.6 is 0 Å². The Labute approximate surface area is 183 Å². The third-order valence-electron chi connectivity index (χ3n) is 8.32. The largest absolute Gasteiger partial charge is 0.462 e. The van der Waals surface area contributed by atoms with Gasteiger partial charge in [-0.25, -0.2) is 0 Å². The van der Waals surface area contributed by atoms with Crippen molar-refractivity contribution in [3.05, 3.63) is 42.0 Å². The summed E-state index contributed by atoms with van der Waals surface area (Å²) in [7, 11) is 0.415. The molecule has 2 aromatic rings. The quantitative estimate of drug-likeness (QED) is 0.443. The van der Waals surface area contributed by atoms with E-state index >= 15 is 0 Å². The van der Waals surface area contributed by atoms with E-state index in [4.69, 9.17) is 4.74 Å². The maximum absolute atomic E-state index is 12.8. The molecule has 2 nitrogen and oxygen atoms in total. The molecule has 0 unspecified atom stereocenters. The maximum atomic E-state index is 12.8. The van der Waals surface area contributed by atoms with Crippen LogP contribution < -0.4 is 0 Å². The smallest absolute Gasteiger partial charge is 0.306 e. The van der Waals surface area contributed by atoms with Gasteiger partial charge in [-0.2, -0.15) is 0 Å². The Morgan fingerprint density at radius 3 is 2.23 bits per heavy atom. The van der Waals surface area contributed by atoms with Gasteiger partial charge >= 0.3 is 5.97 Å². The standard InChI is InChI=1S/C27H33O2S/c28-26(29-27-21-14-18-13-19(16-21)17-22(27)15-18)10-8-20-7-9-25(30-11-3-4-12-30)24-6-2-1-5-23(20)24/h1-2,5-7,9,18-19,21-22,27H,3-4,8,10-17H2/q+1. The molecule has 5 aliphatic rings. The second-order valence-electron chi connectivity index (χ2n) is 10.3. The van der Waals surface area contributed by atoms with E-state index in [1.54, 1.807) is 4.90 Å². The molecule has 30 heavy (non-hydrogen) atoms. The van der Waals surface area contributed by atoms with Gasteiger partial charge in [0.15, 0.2) is 4.90 Å². The maximum Gasteiger partial charge on any atom is 0.306 e. The summed E-state index contributed by atoms with van der Waals surface area (Å²) in [5, 5.41) is 2.76. The van der Waals surface area contributed by atoms with Crippen LogP contribution in [0.4, 0.5) is 0 Å². The number of ether oxygens (including phenoxy) is 1. The molecule has 3 heteroatoms. The number of hydrogen-bond donors (Lipinski definition) is 0. The molecule has 4 saturated carbocycles. The monoisotopic (exact) mass is 421 g/mol. The number of carbonyl (C=O) groups excluding carboxylic acids is 1. The van der Waals surface area contributed by atoms with Crippen LogP contribution in [-0.4, -0.2) is 23.6 Å². The number of esters is 1. The van der Waals surface area contributed by atoms with E-state index in [1.165, 1.54) is 72.8 Å². The lowest BCUT2D eigenvalue weighted by Gasteiger charge is -2.53. The lowest BCUT2D eigenvalue weighted by Crippen LogP contribution is -2.50. The van der Waals surface area contributed by atoms with Crippen molar-refractivity contribution in [1.29, 1.82) is 0 Å². The summed E-state index contributed by atoms with van der Waals surface area (Å²) in [4.78, 5) is 14.3. The van der Waals surface area contributed by atoms with Crippen LogP contribution in [0.1, 0.15) is 56.9 Å². The first kappa shape index (κ1) is 19.2. The lowest BCUT2D eigenvalue weighted by molar-refractivity contribution is -0.170. The molecule has 0 atom stereocenters. The van der Waals surface area contributed by atoms with Crippen LogP contribution in [0.3, 0.4) is 0 Å². The molecule has 0 N–H and O–H groups in total. The van der Waals surface area contributed by atoms with Crippen molar-refractivity contribution in [1.82, 2.24) is 0 Å². The van der Waals surface area contributed by atoms with E-state index in [-0.39, 0.29) is 12.1 Å². The number of carbonyl (C=O) groups is 1. The van der Waals surface area contributed by atoms with Crippen molar-refractivity contribution in [2.24, 2.45) is 23.7 Å². The fraction of sp³-hybridized carbons (Fsp3) is 0.593. The molecule has 4 aliphatic carbocycles. The number of hydrogen-bond acceptors (Lipinski definition) is 2. The van der Waals surface area contributed by atoms with Crippen molar-refractivity contribution in [2.75, 3.05) is 11.5 Å². The van der Waals surface area contributed by atoms with E-state index in [2.05, 4.69) is 36.4 Å². The zero-order valence-electron chi connectivity index (χ0n) is 17.9. The van der Waals surface area contributed by atoms with Crippen molar-refractivity contribution in [3.8, 4) is 0 Å². The summed E-state index contributed by atoms with van der Waals surface area (Å²) in [6.45, 7) is 0. The second kappa shape index (κ2) is 7.89. The first-order valence-electron chi connectivity index (χ1n) is 12.1. The molecule has 7 rings (SSSR count). The minimum atomic E-state index is 0.0262. The van der Waals surface area contributed by atoms with Crippen molar-refractivity contribution >= 4 is 27.6 Å². The summed E-state index contributed by atoms with van der Waals surface area (Å²) < 4.78 is 6.13. The van der Waals surface area contributed by atoms with Gasteiger partial charge in [-0.15, -0.1) is 0 Å². The summed E-state index contributed by atoms with van der Waals surface area (Å²) in [5.41, 5.74) is 1.30. The van der Waals surface area contributed by atoms with E-state index in [0.29, 0.717) is 29.2 Å². The van der Waals surface area contributed by atoms with Gasteiger partial charge in [-0.1, -0.05) is 24.3 Å². The van der Waals surface area contributed by atoms with E-state index in [1.807, 2.05) is 0 Å². The Bertz CT molecular complexity index is 917. The number of benzene rings is 2. The van der Waals surface area contributed by atoms with Crippen molar-refractivity contribution in [3.63, 3.8) is 0 Å². The van der Waals surface area contributed by atoms with Gasteiger partial charge in [0.05, 0.1) is 0 Å². The zero-order chi connectivity index (χ0) is 20.1. The molecule has 0 aromatic heterocycles. The van der Waals surface area contributed by atoms with Gasteiger partial charge in [0.1, 0.15) is 17.6 Å². The zero-order valence-corrected chi connectivity index (χ0v) is 18.7. The molecule has 5 fully saturated rings. The average Bonchev–Trinajstić information content (AvgIpc) is 3.28. The van der Waals surface area contributed by atoms with Gasteiger partial charge in [-0.05, 0) is 98.1 Å². The summed E-state index contributed by atoms with van der Waals surface area (Å²) in [6, 6.07) is 13.5. The van der Waals surface area contributed by atoms with Gasteiger partial charge in [0.25, 0.3) is 0 Å². The highest BCUT2D eigenvalue weighted by Gasteiger charge is 2.49. The highest BCUT2D eigenvalue weighted by Crippen LogP contribution is 2.54. The Morgan fingerprint density at radius 1 is 0.867 bits per heavy atom. The molecular formula is C27H33O2S+. The Hall–Kier alpha value is -1.48. The van der Waals surface area contributed by atoms with Crippen LogP contribution in [0.25, 0.3) is 10.8 Å². The number of aryl methyl sites for hydroxylation is 1. The average molecular weight is 422 g/mol. The van der Waals surface area contributed by atoms with Crippen LogP contribution in [0.5, 0.6) is 0 Å². The van der Waals surface area contributed by atoms with Crippen LogP contribution in [0.2, 0.25) is 0 Å². The lowest BCUT2D eigenvalue weighted by atomic mass is 9.55. The van der Waals surface area contributed by atoms with E-state index in [9.17, 15) is 4.79 Å². The van der Waals surface area contributed by atoms with Gasteiger partial charge < -0.3 is 4.74 Å². The third-order valence-corrected chi connectivity index (χ3v) is 10.9. The molecule has 1 heterocycles. The Kier molecular flexibility index (Phi) is 5.06. The van der Waals surface area contributed by atoms with E-state index in [0.717, 1.165) is 18.3 Å². The predicted molar refractivity (Wildman–Crippen MR) is 124 cm³/mol. The van der Waals surface area contributed by atoms with Crippen LogP contribution in [-0.2, 0) is 26.8 Å². The van der Waals surface area contributed by atoms with Gasteiger partial charge in [0.2, 0.25) is 0 Å². The normalized spacial score (nSPS) is 32.7. The summed E-state index contributed by atoms with van der Waals surface area (Å²) in [5.74, 6) is 5.87. The van der Waals surface area contributed by atoms with Gasteiger partial charge in [0, 0.05) is 22.7 Å². The highest BCUT2D eigenvalue weighted by molar-refractivity contribution is 7.97. The topological polar surface area (TPSA) is 26.3 Å². The molecule has 2 aromatic carbocycles. The minimum absolute atomic E-state index is 0.0262. The van der Waals surface area contributed by atoms with Gasteiger partial charge in [-0.3, -0.25) is 4.79 Å². The van der Waals surface area contributed by atoms with Crippen molar-refractivity contribution < 1.29 is 9.53 Å². The molecule has 4 bridgehead atoms. The molecule has 1 aliphatic heterocycles. The van der Waals surface area contributed by atoms with Crippen molar-refractivity contribution in [2.45, 2.75) is 68.8 Å². The first-order valence-corrected chi connectivity index (χ1v) is 13.7. The minimum Gasteiger partial charge on any atom is -0.462 e. The third kappa shape index (κ3) is 3.47. The molecule has 0 spiro atoms. The highest BCUT2D eigenvalue weighted by atomic mass is 32.2. The first-order chi connectivity index (χ1) is 14.7. The van der Waals surface area contributed by atoms with Crippen LogP contribution in [0.15, 0.2) is 41.3 Å². The Balaban J connectivity index is 1.15. The summed E-state index contributed by atoms with van der Waals surface area (Å²) >= 11 is 0. The molecule has 0 radical (unpaired) electrons. The number of fused-ring (bicyclic) bond motifs is 1. The molecular weight excluding hydrogens is 388 g/mol. The van der Waals surface area contributed by atoms with E-state index < -0.39 is 0 Å². The second-order valence-corrected chi connectivity index (χ2v) is 12.5. The molecule has 158 valence electrons. The predicted octanol–water partition coefficient (Wildman–Crippen LogP) is 5.91. The molecule has 0 amide bonds. The SMILES string of the molecule is O=C(CCc1ccc([S+]2CCCC2)c2ccccc12)OC1C2CC3CC(C2)CC1C3. The number of rotatable bonds is 5. The Morgan fingerprint density at radius 2 is 1.53 bits per heavy atom. The van der Waals surface area contributed by atoms with Crippen LogP contribution in [0, 0.1) is 23.7 Å². The fourth-order valence-electron chi connectivity index (χ4n) is 7.19. The molecule has 1 saturated heterocycles. The summed E-state index contributed by atoms with van der Waals surface area (Å²) in [6.07, 6.45) is 10.9.